The summed E-state index contributed by atoms with van der Waals surface area (Å²) in [4.78, 5) is 0. The third kappa shape index (κ3) is 8.76. The van der Waals surface area contributed by atoms with E-state index >= 15 is 0 Å². The standard InChI is InChI=1S/C21H41NO6/c1-5-7-8-9-10-11-16(25-4)12-14-26-20-18(22)21(27-13-6-2)28-17(15-24-3)19(20)23/h6,13,16-21,23H,5,7-12,14-15,22H2,1-4H3/b13-6-. The zero-order chi connectivity index (χ0) is 20.8. The van der Waals surface area contributed by atoms with E-state index in [0.717, 1.165) is 19.3 Å². The lowest BCUT2D eigenvalue weighted by Gasteiger charge is -2.42. The molecular formula is C21H41NO6. The van der Waals surface area contributed by atoms with Crippen molar-refractivity contribution in [2.75, 3.05) is 27.4 Å². The quantitative estimate of drug-likeness (QED) is 0.321. The van der Waals surface area contributed by atoms with Gasteiger partial charge in [0.1, 0.15) is 18.3 Å². The molecule has 0 radical (unpaired) electrons. The summed E-state index contributed by atoms with van der Waals surface area (Å²) in [6.07, 6.45) is 8.72. The van der Waals surface area contributed by atoms with E-state index in [4.69, 9.17) is 29.4 Å². The van der Waals surface area contributed by atoms with Gasteiger partial charge in [0, 0.05) is 20.8 Å². The molecule has 0 amide bonds. The summed E-state index contributed by atoms with van der Waals surface area (Å²) in [5.41, 5.74) is 6.25. The van der Waals surface area contributed by atoms with Crippen molar-refractivity contribution in [3.63, 3.8) is 0 Å². The smallest absolute Gasteiger partial charge is 0.217 e. The third-order valence-electron chi connectivity index (χ3n) is 5.11. The highest BCUT2D eigenvalue weighted by molar-refractivity contribution is 4.93. The maximum absolute atomic E-state index is 10.6. The predicted octanol–water partition coefficient (Wildman–Crippen LogP) is 2.75. The molecule has 1 heterocycles. The Kier molecular flexibility index (Phi) is 13.7. The summed E-state index contributed by atoms with van der Waals surface area (Å²) in [5, 5.41) is 10.6. The Morgan fingerprint density at radius 3 is 2.54 bits per heavy atom. The first-order chi connectivity index (χ1) is 13.6. The number of allylic oxidation sites excluding steroid dienone is 1. The highest BCUT2D eigenvalue weighted by Crippen LogP contribution is 2.24. The Balaban J connectivity index is 2.50. The second-order valence-corrected chi connectivity index (χ2v) is 7.36. The molecule has 7 heteroatoms. The molecule has 1 aliphatic rings. The van der Waals surface area contributed by atoms with Crippen LogP contribution in [0, 0.1) is 0 Å². The zero-order valence-corrected chi connectivity index (χ0v) is 18.0. The second-order valence-electron chi connectivity index (χ2n) is 7.36. The summed E-state index contributed by atoms with van der Waals surface area (Å²) >= 11 is 0. The SMILES string of the molecule is C/C=C\OC1OC(COC)C(O)C(OCCC(CCCCCCC)OC)C1N. The minimum Gasteiger partial charge on any atom is -0.471 e. The molecule has 1 fully saturated rings. The number of methoxy groups -OCH3 is 2. The lowest BCUT2D eigenvalue weighted by Crippen LogP contribution is -2.63. The molecule has 3 N–H and O–H groups in total. The molecule has 28 heavy (non-hydrogen) atoms. The number of ether oxygens (including phenoxy) is 5. The molecule has 6 unspecified atom stereocenters. The van der Waals surface area contributed by atoms with Crippen LogP contribution in [0.3, 0.4) is 0 Å². The first-order valence-electron chi connectivity index (χ1n) is 10.6. The Hall–Kier alpha value is -0.700. The van der Waals surface area contributed by atoms with Gasteiger partial charge in [-0.25, -0.2) is 0 Å². The van der Waals surface area contributed by atoms with Crippen LogP contribution in [0.4, 0.5) is 0 Å². The lowest BCUT2D eigenvalue weighted by atomic mass is 9.97. The summed E-state index contributed by atoms with van der Waals surface area (Å²) in [7, 11) is 3.30. The van der Waals surface area contributed by atoms with Crippen LogP contribution in [0.15, 0.2) is 12.3 Å². The van der Waals surface area contributed by atoms with Crippen molar-refractivity contribution in [1.82, 2.24) is 0 Å². The topological polar surface area (TPSA) is 92.4 Å². The van der Waals surface area contributed by atoms with Gasteiger partial charge in [0.15, 0.2) is 0 Å². The van der Waals surface area contributed by atoms with Gasteiger partial charge in [-0.05, 0) is 19.8 Å². The van der Waals surface area contributed by atoms with Gasteiger partial charge < -0.3 is 34.5 Å². The van der Waals surface area contributed by atoms with Crippen molar-refractivity contribution in [3.05, 3.63) is 12.3 Å². The van der Waals surface area contributed by atoms with Crippen LogP contribution in [0.5, 0.6) is 0 Å². The maximum Gasteiger partial charge on any atom is 0.217 e. The van der Waals surface area contributed by atoms with Crippen LogP contribution < -0.4 is 5.73 Å². The van der Waals surface area contributed by atoms with Crippen molar-refractivity contribution in [2.24, 2.45) is 5.73 Å². The van der Waals surface area contributed by atoms with Crippen molar-refractivity contribution >= 4 is 0 Å². The molecule has 0 bridgehead atoms. The Bertz CT molecular complexity index is 408. The minimum absolute atomic E-state index is 0.152. The molecule has 1 aliphatic heterocycles. The van der Waals surface area contributed by atoms with E-state index < -0.39 is 30.6 Å². The van der Waals surface area contributed by atoms with E-state index in [1.54, 1.807) is 20.3 Å². The summed E-state index contributed by atoms with van der Waals surface area (Å²) < 4.78 is 28.0. The van der Waals surface area contributed by atoms with Gasteiger partial charge in [-0.1, -0.05) is 45.1 Å². The summed E-state index contributed by atoms with van der Waals surface area (Å²) in [5.74, 6) is 0. The average molecular weight is 404 g/mol. The first kappa shape index (κ1) is 25.3. The fourth-order valence-corrected chi connectivity index (χ4v) is 3.42. The van der Waals surface area contributed by atoms with Crippen molar-refractivity contribution in [3.8, 4) is 0 Å². The Labute approximate surface area is 170 Å². The minimum atomic E-state index is -0.879. The molecule has 0 saturated carbocycles. The van der Waals surface area contributed by atoms with Crippen LogP contribution in [0.2, 0.25) is 0 Å². The molecule has 6 atom stereocenters. The fraction of sp³-hybridized carbons (Fsp3) is 0.905. The molecule has 166 valence electrons. The van der Waals surface area contributed by atoms with E-state index in [1.807, 2.05) is 6.92 Å². The average Bonchev–Trinajstić information content (AvgIpc) is 2.70. The van der Waals surface area contributed by atoms with Crippen LogP contribution in [0.1, 0.15) is 58.8 Å². The highest BCUT2D eigenvalue weighted by Gasteiger charge is 2.45. The lowest BCUT2D eigenvalue weighted by molar-refractivity contribution is -0.260. The van der Waals surface area contributed by atoms with E-state index in [2.05, 4.69) is 6.92 Å². The van der Waals surface area contributed by atoms with Crippen LogP contribution in [0.25, 0.3) is 0 Å². The number of aliphatic hydroxyl groups excluding tert-OH is 1. The normalized spacial score (nSPS) is 29.3. The molecule has 0 aromatic heterocycles. The molecule has 1 saturated heterocycles. The van der Waals surface area contributed by atoms with E-state index in [0.29, 0.717) is 6.61 Å². The number of hydrogen-bond donors (Lipinski definition) is 2. The van der Waals surface area contributed by atoms with E-state index in [-0.39, 0.29) is 12.7 Å². The van der Waals surface area contributed by atoms with E-state index in [1.165, 1.54) is 31.9 Å². The number of hydrogen-bond acceptors (Lipinski definition) is 7. The Morgan fingerprint density at radius 2 is 1.89 bits per heavy atom. The largest absolute Gasteiger partial charge is 0.471 e. The third-order valence-corrected chi connectivity index (χ3v) is 5.11. The summed E-state index contributed by atoms with van der Waals surface area (Å²) in [6, 6.07) is -0.602. The first-order valence-corrected chi connectivity index (χ1v) is 10.6. The van der Waals surface area contributed by atoms with Crippen LogP contribution in [-0.4, -0.2) is 69.3 Å². The van der Waals surface area contributed by atoms with Gasteiger partial charge in [-0.15, -0.1) is 0 Å². The van der Waals surface area contributed by atoms with Crippen molar-refractivity contribution in [1.29, 1.82) is 0 Å². The monoisotopic (exact) mass is 403 g/mol. The van der Waals surface area contributed by atoms with Crippen LogP contribution in [-0.2, 0) is 23.7 Å². The van der Waals surface area contributed by atoms with Crippen molar-refractivity contribution < 1.29 is 28.8 Å². The number of nitrogens with two attached hydrogens (primary N) is 1. The van der Waals surface area contributed by atoms with E-state index in [9.17, 15) is 5.11 Å². The van der Waals surface area contributed by atoms with Gasteiger partial charge in [0.25, 0.3) is 0 Å². The number of unbranched alkanes of at least 4 members (excludes halogenated alkanes) is 4. The second kappa shape index (κ2) is 15.2. The molecular weight excluding hydrogens is 362 g/mol. The molecule has 0 spiro atoms. The van der Waals surface area contributed by atoms with Gasteiger partial charge in [-0.3, -0.25) is 0 Å². The van der Waals surface area contributed by atoms with Gasteiger partial charge in [-0.2, -0.15) is 0 Å². The molecule has 0 aromatic rings. The number of rotatable bonds is 15. The molecule has 1 rings (SSSR count). The maximum atomic E-state index is 10.6. The highest BCUT2D eigenvalue weighted by atomic mass is 16.7. The molecule has 7 nitrogen and oxygen atoms in total. The molecule has 0 aliphatic carbocycles. The Morgan fingerprint density at radius 1 is 1.14 bits per heavy atom. The van der Waals surface area contributed by atoms with Gasteiger partial charge in [0.05, 0.1) is 25.0 Å². The van der Waals surface area contributed by atoms with Crippen molar-refractivity contribution in [2.45, 2.75) is 95.5 Å². The van der Waals surface area contributed by atoms with Gasteiger partial charge >= 0.3 is 0 Å². The van der Waals surface area contributed by atoms with Crippen LogP contribution >= 0.6 is 0 Å². The number of aliphatic hydroxyl groups is 1. The predicted molar refractivity (Wildman–Crippen MR) is 109 cm³/mol. The zero-order valence-electron chi connectivity index (χ0n) is 18.0. The molecule has 0 aromatic carbocycles. The summed E-state index contributed by atoms with van der Waals surface area (Å²) in [6.45, 7) is 4.76. The fourth-order valence-electron chi connectivity index (χ4n) is 3.42. The van der Waals surface area contributed by atoms with Gasteiger partial charge in [0.2, 0.25) is 6.29 Å².